The standard InChI is InChI=1S/C12H10ClFN2/c13-10-5-6-15-12(7-10)16-8-9-1-3-11(14)4-2-9/h1-7H,8H2,(H,15,16). The Morgan fingerprint density at radius 1 is 1.19 bits per heavy atom. The van der Waals surface area contributed by atoms with Gasteiger partial charge in [0.2, 0.25) is 0 Å². The van der Waals surface area contributed by atoms with Gasteiger partial charge in [0, 0.05) is 17.8 Å². The molecule has 0 radical (unpaired) electrons. The highest BCUT2D eigenvalue weighted by atomic mass is 35.5. The monoisotopic (exact) mass is 236 g/mol. The van der Waals surface area contributed by atoms with Crippen LogP contribution < -0.4 is 5.32 Å². The molecule has 4 heteroatoms. The highest BCUT2D eigenvalue weighted by molar-refractivity contribution is 6.30. The lowest BCUT2D eigenvalue weighted by molar-refractivity contribution is 0.627. The zero-order valence-corrected chi connectivity index (χ0v) is 9.21. The highest BCUT2D eigenvalue weighted by Crippen LogP contribution is 2.13. The molecule has 2 rings (SSSR count). The minimum Gasteiger partial charge on any atom is -0.366 e. The fraction of sp³-hybridized carbons (Fsp3) is 0.0833. The molecule has 1 aromatic heterocycles. The van der Waals surface area contributed by atoms with Gasteiger partial charge in [0.1, 0.15) is 11.6 Å². The lowest BCUT2D eigenvalue weighted by Crippen LogP contribution is -2.00. The Hall–Kier alpha value is -1.61. The summed E-state index contributed by atoms with van der Waals surface area (Å²) in [5, 5.41) is 3.74. The Morgan fingerprint density at radius 2 is 1.94 bits per heavy atom. The molecule has 2 nitrogen and oxygen atoms in total. The van der Waals surface area contributed by atoms with Crippen molar-refractivity contribution < 1.29 is 4.39 Å². The molecular formula is C12H10ClFN2. The number of hydrogen-bond donors (Lipinski definition) is 1. The fourth-order valence-electron chi connectivity index (χ4n) is 1.30. The molecule has 0 atom stereocenters. The normalized spacial score (nSPS) is 10.1. The Morgan fingerprint density at radius 3 is 2.62 bits per heavy atom. The molecule has 0 aliphatic carbocycles. The van der Waals surface area contributed by atoms with E-state index in [1.54, 1.807) is 30.5 Å². The van der Waals surface area contributed by atoms with Gasteiger partial charge in [-0.25, -0.2) is 9.37 Å². The molecule has 16 heavy (non-hydrogen) atoms. The molecule has 0 bridgehead atoms. The van der Waals surface area contributed by atoms with Crippen LogP contribution in [0.1, 0.15) is 5.56 Å². The summed E-state index contributed by atoms with van der Waals surface area (Å²) >= 11 is 5.82. The van der Waals surface area contributed by atoms with Crippen LogP contribution in [-0.4, -0.2) is 4.98 Å². The molecule has 0 amide bonds. The Labute approximate surface area is 98.1 Å². The van der Waals surface area contributed by atoms with E-state index >= 15 is 0 Å². The van der Waals surface area contributed by atoms with Gasteiger partial charge in [-0.2, -0.15) is 0 Å². The zero-order chi connectivity index (χ0) is 11.4. The van der Waals surface area contributed by atoms with Crippen LogP contribution in [0, 0.1) is 5.82 Å². The molecule has 0 spiro atoms. The van der Waals surface area contributed by atoms with Crippen molar-refractivity contribution in [2.75, 3.05) is 5.32 Å². The van der Waals surface area contributed by atoms with Crippen LogP contribution in [0.3, 0.4) is 0 Å². The minimum absolute atomic E-state index is 0.232. The summed E-state index contributed by atoms with van der Waals surface area (Å²) in [5.41, 5.74) is 0.989. The number of aromatic nitrogens is 1. The van der Waals surface area contributed by atoms with Crippen molar-refractivity contribution in [3.05, 3.63) is 59.0 Å². The molecule has 0 saturated heterocycles. The second-order valence-corrected chi connectivity index (χ2v) is 3.78. The summed E-state index contributed by atoms with van der Waals surface area (Å²) in [6.45, 7) is 0.591. The third-order valence-corrected chi connectivity index (χ3v) is 2.34. The molecular weight excluding hydrogens is 227 g/mol. The van der Waals surface area contributed by atoms with Crippen LogP contribution in [-0.2, 0) is 6.54 Å². The van der Waals surface area contributed by atoms with Gasteiger partial charge in [0.05, 0.1) is 0 Å². The lowest BCUT2D eigenvalue weighted by Gasteiger charge is -2.05. The number of nitrogens with one attached hydrogen (secondary N) is 1. The van der Waals surface area contributed by atoms with Crippen LogP contribution in [0.5, 0.6) is 0 Å². The Balaban J connectivity index is 1.99. The molecule has 1 aromatic carbocycles. The fourth-order valence-corrected chi connectivity index (χ4v) is 1.46. The van der Waals surface area contributed by atoms with E-state index < -0.39 is 0 Å². The van der Waals surface area contributed by atoms with E-state index in [0.29, 0.717) is 17.4 Å². The Kier molecular flexibility index (Phi) is 3.37. The largest absolute Gasteiger partial charge is 0.366 e. The minimum atomic E-state index is -0.232. The first-order valence-corrected chi connectivity index (χ1v) is 5.22. The average Bonchev–Trinajstić information content (AvgIpc) is 2.28. The van der Waals surface area contributed by atoms with Crippen molar-refractivity contribution in [2.24, 2.45) is 0 Å². The predicted octanol–water partition coefficient (Wildman–Crippen LogP) is 3.49. The topological polar surface area (TPSA) is 24.9 Å². The number of halogens is 2. The third kappa shape index (κ3) is 2.94. The summed E-state index contributed by atoms with van der Waals surface area (Å²) in [6, 6.07) is 9.78. The maximum Gasteiger partial charge on any atom is 0.127 e. The van der Waals surface area contributed by atoms with Gasteiger partial charge in [0.15, 0.2) is 0 Å². The van der Waals surface area contributed by atoms with Gasteiger partial charge >= 0.3 is 0 Å². The van der Waals surface area contributed by atoms with E-state index in [1.807, 2.05) is 0 Å². The van der Waals surface area contributed by atoms with E-state index in [2.05, 4.69) is 10.3 Å². The maximum absolute atomic E-state index is 12.7. The number of anilines is 1. The number of nitrogens with zero attached hydrogens (tertiary/aromatic N) is 1. The molecule has 0 unspecified atom stereocenters. The number of pyridine rings is 1. The molecule has 0 saturated carbocycles. The predicted molar refractivity (Wildman–Crippen MR) is 63.0 cm³/mol. The molecule has 1 N–H and O–H groups in total. The smallest absolute Gasteiger partial charge is 0.127 e. The van der Waals surface area contributed by atoms with Crippen molar-refractivity contribution in [1.82, 2.24) is 4.98 Å². The van der Waals surface area contributed by atoms with Gasteiger partial charge in [-0.05, 0) is 29.8 Å². The van der Waals surface area contributed by atoms with Crippen LogP contribution in [0.2, 0.25) is 5.02 Å². The van der Waals surface area contributed by atoms with Crippen LogP contribution in [0.4, 0.5) is 10.2 Å². The van der Waals surface area contributed by atoms with Crippen molar-refractivity contribution in [2.45, 2.75) is 6.54 Å². The van der Waals surface area contributed by atoms with E-state index in [-0.39, 0.29) is 5.82 Å². The Bertz CT molecular complexity index is 471. The quantitative estimate of drug-likeness (QED) is 0.883. The van der Waals surface area contributed by atoms with Gasteiger partial charge in [0.25, 0.3) is 0 Å². The summed E-state index contributed by atoms with van der Waals surface area (Å²) < 4.78 is 12.7. The maximum atomic E-state index is 12.7. The van der Waals surface area contributed by atoms with Crippen LogP contribution in [0.15, 0.2) is 42.6 Å². The van der Waals surface area contributed by atoms with Gasteiger partial charge in [-0.1, -0.05) is 23.7 Å². The first-order chi connectivity index (χ1) is 7.74. The van der Waals surface area contributed by atoms with Gasteiger partial charge in [-0.3, -0.25) is 0 Å². The summed E-state index contributed by atoms with van der Waals surface area (Å²) in [4.78, 5) is 4.10. The molecule has 0 fully saturated rings. The van der Waals surface area contributed by atoms with E-state index in [9.17, 15) is 4.39 Å². The second-order valence-electron chi connectivity index (χ2n) is 3.34. The SMILES string of the molecule is Fc1ccc(CNc2cc(Cl)ccn2)cc1. The van der Waals surface area contributed by atoms with E-state index in [4.69, 9.17) is 11.6 Å². The van der Waals surface area contributed by atoms with Crippen molar-refractivity contribution in [1.29, 1.82) is 0 Å². The van der Waals surface area contributed by atoms with Crippen LogP contribution >= 0.6 is 11.6 Å². The first-order valence-electron chi connectivity index (χ1n) is 4.84. The van der Waals surface area contributed by atoms with E-state index in [1.165, 1.54) is 12.1 Å². The van der Waals surface area contributed by atoms with Crippen molar-refractivity contribution in [3.63, 3.8) is 0 Å². The number of hydrogen-bond acceptors (Lipinski definition) is 2. The summed E-state index contributed by atoms with van der Waals surface area (Å²) in [7, 11) is 0. The van der Waals surface area contributed by atoms with Gasteiger partial charge in [-0.15, -0.1) is 0 Å². The summed E-state index contributed by atoms with van der Waals surface area (Å²) in [5.74, 6) is 0.474. The highest BCUT2D eigenvalue weighted by Gasteiger charge is 1.96. The zero-order valence-electron chi connectivity index (χ0n) is 8.45. The van der Waals surface area contributed by atoms with Crippen molar-refractivity contribution in [3.8, 4) is 0 Å². The van der Waals surface area contributed by atoms with Crippen LogP contribution in [0.25, 0.3) is 0 Å². The molecule has 1 heterocycles. The third-order valence-electron chi connectivity index (χ3n) is 2.11. The average molecular weight is 237 g/mol. The number of rotatable bonds is 3. The van der Waals surface area contributed by atoms with Crippen molar-refractivity contribution >= 4 is 17.4 Å². The summed E-state index contributed by atoms with van der Waals surface area (Å²) in [6.07, 6.45) is 1.63. The van der Waals surface area contributed by atoms with Gasteiger partial charge < -0.3 is 5.32 Å². The number of benzene rings is 1. The second kappa shape index (κ2) is 4.94. The molecule has 82 valence electrons. The van der Waals surface area contributed by atoms with E-state index in [0.717, 1.165) is 5.56 Å². The molecule has 0 aliphatic heterocycles. The first kappa shape index (κ1) is 10.9. The molecule has 2 aromatic rings. The lowest BCUT2D eigenvalue weighted by atomic mass is 10.2. The molecule has 0 aliphatic rings.